The second kappa shape index (κ2) is 8.05. The van der Waals surface area contributed by atoms with Gasteiger partial charge >= 0.3 is 0 Å². The van der Waals surface area contributed by atoms with Crippen molar-refractivity contribution in [3.05, 3.63) is 48.0 Å². The van der Waals surface area contributed by atoms with Crippen molar-refractivity contribution >= 4 is 29.1 Å². The van der Waals surface area contributed by atoms with E-state index in [9.17, 15) is 14.4 Å². The number of fused-ring (bicyclic) bond motifs is 1. The summed E-state index contributed by atoms with van der Waals surface area (Å²) < 4.78 is 10.4. The smallest absolute Gasteiger partial charge is 0.263 e. The number of imide groups is 1. The lowest BCUT2D eigenvalue weighted by molar-refractivity contribution is -0.123. The molecule has 0 aliphatic carbocycles. The first-order valence-electron chi connectivity index (χ1n) is 9.56. The van der Waals surface area contributed by atoms with Crippen LogP contribution in [0.1, 0.15) is 5.56 Å². The predicted octanol–water partition coefficient (Wildman–Crippen LogP) is 1.94. The molecule has 31 heavy (non-hydrogen) atoms. The maximum absolute atomic E-state index is 13.0. The molecular formula is C21H21N5O5. The summed E-state index contributed by atoms with van der Waals surface area (Å²) in [7, 11) is 3.02. The summed E-state index contributed by atoms with van der Waals surface area (Å²) >= 11 is 0. The summed E-state index contributed by atoms with van der Waals surface area (Å²) in [5, 5.41) is 11.8. The molecule has 0 radical (unpaired) electrons. The van der Waals surface area contributed by atoms with Crippen LogP contribution in [0.5, 0.6) is 11.5 Å². The summed E-state index contributed by atoms with van der Waals surface area (Å²) in [6.45, 7) is 1.68. The van der Waals surface area contributed by atoms with E-state index in [1.807, 2.05) is 19.1 Å². The van der Waals surface area contributed by atoms with Crippen molar-refractivity contribution in [3.8, 4) is 11.5 Å². The Morgan fingerprint density at radius 2 is 1.74 bits per heavy atom. The Balaban J connectivity index is 1.46. The molecule has 0 saturated carbocycles. The molecule has 2 aliphatic rings. The first-order valence-corrected chi connectivity index (χ1v) is 9.56. The molecule has 2 heterocycles. The molecule has 2 aromatic rings. The zero-order valence-corrected chi connectivity index (χ0v) is 17.2. The number of carbonyl (C=O) groups is 3. The maximum atomic E-state index is 13.0. The van der Waals surface area contributed by atoms with Crippen molar-refractivity contribution in [2.75, 3.05) is 31.0 Å². The van der Waals surface area contributed by atoms with Crippen LogP contribution in [0, 0.1) is 6.92 Å². The largest absolute Gasteiger partial charge is 0.493 e. The maximum Gasteiger partial charge on any atom is 0.263 e. The van der Waals surface area contributed by atoms with E-state index in [0.29, 0.717) is 22.9 Å². The molecule has 160 valence electrons. The summed E-state index contributed by atoms with van der Waals surface area (Å²) in [5.41, 5.74) is 1.97. The molecule has 4 rings (SSSR count). The molecule has 2 aromatic carbocycles. The van der Waals surface area contributed by atoms with Crippen LogP contribution in [-0.2, 0) is 14.4 Å². The second-order valence-corrected chi connectivity index (χ2v) is 7.16. The molecule has 0 unspecified atom stereocenters. The van der Waals surface area contributed by atoms with Crippen LogP contribution in [0.2, 0.25) is 0 Å². The average molecular weight is 423 g/mol. The van der Waals surface area contributed by atoms with Gasteiger partial charge in [-0.25, -0.2) is 4.90 Å². The topological polar surface area (TPSA) is 113 Å². The minimum Gasteiger partial charge on any atom is -0.493 e. The molecule has 1 saturated heterocycles. The molecule has 2 atom stereocenters. The lowest BCUT2D eigenvalue weighted by Gasteiger charge is -2.20. The van der Waals surface area contributed by atoms with Crippen molar-refractivity contribution in [1.29, 1.82) is 0 Å². The van der Waals surface area contributed by atoms with E-state index >= 15 is 0 Å². The van der Waals surface area contributed by atoms with E-state index < -0.39 is 29.8 Å². The fraction of sp³-hybridized carbons (Fsp3) is 0.286. The number of ether oxygens (including phenoxy) is 2. The number of hydrogen-bond donors (Lipinski definition) is 1. The van der Waals surface area contributed by atoms with Gasteiger partial charge in [0.15, 0.2) is 23.6 Å². The van der Waals surface area contributed by atoms with E-state index in [1.165, 1.54) is 19.2 Å². The van der Waals surface area contributed by atoms with Crippen LogP contribution in [0.15, 0.2) is 52.8 Å². The number of anilines is 2. The molecule has 0 bridgehead atoms. The van der Waals surface area contributed by atoms with E-state index in [2.05, 4.69) is 15.7 Å². The molecular weight excluding hydrogens is 402 g/mol. The lowest BCUT2D eigenvalue weighted by Crippen LogP contribution is -2.43. The summed E-state index contributed by atoms with van der Waals surface area (Å²) in [5.74, 6) is -0.330. The van der Waals surface area contributed by atoms with Crippen LogP contribution in [0.25, 0.3) is 0 Å². The Morgan fingerprint density at radius 1 is 1.03 bits per heavy atom. The number of aryl methyl sites for hydroxylation is 1. The molecule has 1 fully saturated rings. The van der Waals surface area contributed by atoms with Gasteiger partial charge in [0.2, 0.25) is 5.91 Å². The summed E-state index contributed by atoms with van der Waals surface area (Å²) in [4.78, 5) is 39.4. The minimum absolute atomic E-state index is 0.236. The minimum atomic E-state index is -0.956. The van der Waals surface area contributed by atoms with Gasteiger partial charge in [-0.3, -0.25) is 19.4 Å². The second-order valence-electron chi connectivity index (χ2n) is 7.16. The van der Waals surface area contributed by atoms with Crippen LogP contribution in [0.3, 0.4) is 0 Å². The third kappa shape index (κ3) is 3.67. The third-order valence-corrected chi connectivity index (χ3v) is 5.12. The standard InChI is InChI=1S/C21H21N5O5/c1-12-4-7-14(8-5-12)26-20(28)18-19(21(26)29)25(24-23-18)11-17(27)22-13-6-9-15(30-2)16(10-13)31-3/h4-10,18-19H,11H2,1-3H3,(H,22,27)/t18-,19+/m0/s1. The monoisotopic (exact) mass is 423 g/mol. The fourth-order valence-corrected chi connectivity index (χ4v) is 3.56. The van der Waals surface area contributed by atoms with Gasteiger partial charge in [0, 0.05) is 11.8 Å². The number of carbonyl (C=O) groups excluding carboxylic acids is 3. The molecule has 10 heteroatoms. The number of amides is 3. The van der Waals surface area contributed by atoms with Crippen LogP contribution >= 0.6 is 0 Å². The Kier molecular flexibility index (Phi) is 5.28. The van der Waals surface area contributed by atoms with Crippen LogP contribution in [-0.4, -0.2) is 55.6 Å². The SMILES string of the molecule is COc1ccc(NC(=O)CN2N=N[C@@H]3C(=O)N(c4ccc(C)cc4)C(=O)[C@@H]32)cc1OC. The van der Waals surface area contributed by atoms with Gasteiger partial charge in [0.1, 0.15) is 6.54 Å². The van der Waals surface area contributed by atoms with Gasteiger partial charge in [-0.05, 0) is 31.2 Å². The van der Waals surface area contributed by atoms with Gasteiger partial charge in [0.25, 0.3) is 11.8 Å². The third-order valence-electron chi connectivity index (χ3n) is 5.12. The molecule has 1 N–H and O–H groups in total. The molecule has 10 nitrogen and oxygen atoms in total. The number of methoxy groups -OCH3 is 2. The Morgan fingerprint density at radius 3 is 2.42 bits per heavy atom. The molecule has 2 aliphatic heterocycles. The lowest BCUT2D eigenvalue weighted by atomic mass is 10.1. The Bertz CT molecular complexity index is 1070. The highest BCUT2D eigenvalue weighted by Crippen LogP contribution is 2.32. The predicted molar refractivity (Wildman–Crippen MR) is 111 cm³/mol. The molecule has 0 aromatic heterocycles. The first-order chi connectivity index (χ1) is 14.9. The summed E-state index contributed by atoms with van der Waals surface area (Å²) in [6.07, 6.45) is 0. The van der Waals surface area contributed by atoms with Gasteiger partial charge < -0.3 is 14.8 Å². The Hall–Kier alpha value is -3.95. The van der Waals surface area contributed by atoms with Crippen LogP contribution in [0.4, 0.5) is 11.4 Å². The number of nitrogens with zero attached hydrogens (tertiary/aromatic N) is 4. The van der Waals surface area contributed by atoms with Crippen molar-refractivity contribution in [1.82, 2.24) is 5.01 Å². The number of hydrogen-bond acceptors (Lipinski definition) is 8. The van der Waals surface area contributed by atoms with Gasteiger partial charge in [0.05, 0.1) is 19.9 Å². The zero-order chi connectivity index (χ0) is 22.1. The van der Waals surface area contributed by atoms with E-state index in [4.69, 9.17) is 9.47 Å². The number of benzene rings is 2. The Labute approximate surface area is 178 Å². The van der Waals surface area contributed by atoms with E-state index in [-0.39, 0.29) is 6.54 Å². The zero-order valence-electron chi connectivity index (χ0n) is 17.2. The van der Waals surface area contributed by atoms with Gasteiger partial charge in [-0.2, -0.15) is 5.11 Å². The van der Waals surface area contributed by atoms with Crippen molar-refractivity contribution in [2.45, 2.75) is 19.0 Å². The summed E-state index contributed by atoms with van der Waals surface area (Å²) in [6, 6.07) is 10.1. The van der Waals surface area contributed by atoms with E-state index in [1.54, 1.807) is 30.3 Å². The van der Waals surface area contributed by atoms with Crippen LogP contribution < -0.4 is 19.7 Å². The van der Waals surface area contributed by atoms with E-state index in [0.717, 1.165) is 10.5 Å². The normalized spacial score (nSPS) is 19.6. The molecule has 3 amide bonds. The quantitative estimate of drug-likeness (QED) is 0.711. The highest BCUT2D eigenvalue weighted by atomic mass is 16.5. The van der Waals surface area contributed by atoms with Gasteiger partial charge in [-0.15, -0.1) is 0 Å². The number of nitrogens with one attached hydrogen (secondary N) is 1. The van der Waals surface area contributed by atoms with Crippen molar-refractivity contribution < 1.29 is 23.9 Å². The van der Waals surface area contributed by atoms with Crippen molar-refractivity contribution in [3.63, 3.8) is 0 Å². The highest BCUT2D eigenvalue weighted by molar-refractivity contribution is 6.25. The van der Waals surface area contributed by atoms with Gasteiger partial charge in [-0.1, -0.05) is 22.9 Å². The first kappa shape index (κ1) is 20.3. The highest BCUT2D eigenvalue weighted by Gasteiger charge is 2.55. The molecule has 0 spiro atoms. The average Bonchev–Trinajstić information content (AvgIpc) is 3.28. The number of rotatable bonds is 6. The fourth-order valence-electron chi connectivity index (χ4n) is 3.56. The van der Waals surface area contributed by atoms with Crippen molar-refractivity contribution in [2.24, 2.45) is 10.3 Å².